The van der Waals surface area contributed by atoms with E-state index in [-0.39, 0.29) is 0 Å². The molecule has 0 saturated carbocycles. The zero-order valence-electron chi connectivity index (χ0n) is 11.8. The summed E-state index contributed by atoms with van der Waals surface area (Å²) in [6.07, 6.45) is 5.46. The average molecular weight is 335 g/mol. The van der Waals surface area contributed by atoms with Crippen molar-refractivity contribution in [2.75, 3.05) is 11.9 Å². The van der Waals surface area contributed by atoms with E-state index in [0.29, 0.717) is 24.2 Å². The lowest BCUT2D eigenvalue weighted by atomic mass is 10.3. The van der Waals surface area contributed by atoms with E-state index in [1.165, 1.54) is 11.3 Å². The molecule has 3 rings (SSSR count). The number of hydrogen-bond acceptors (Lipinski definition) is 5. The molecule has 0 aliphatic carbocycles. The molecule has 1 N–H and O–H groups in total. The first kappa shape index (κ1) is 14.9. The summed E-state index contributed by atoms with van der Waals surface area (Å²) < 4.78 is 8.24. The second-order valence-corrected chi connectivity index (χ2v) is 6.24. The fraction of sp³-hybridized carbons (Fsp3) is 0.200. The van der Waals surface area contributed by atoms with Crippen LogP contribution in [0.15, 0.2) is 48.9 Å². The van der Waals surface area contributed by atoms with E-state index in [9.17, 15) is 0 Å². The quantitative estimate of drug-likeness (QED) is 0.716. The van der Waals surface area contributed by atoms with Crippen LogP contribution < -0.4 is 10.1 Å². The van der Waals surface area contributed by atoms with Crippen LogP contribution in [-0.4, -0.2) is 21.4 Å². The minimum Gasteiger partial charge on any atom is -0.489 e. The third-order valence-electron chi connectivity index (χ3n) is 3.00. The first-order chi connectivity index (χ1) is 10.8. The first-order valence-corrected chi connectivity index (χ1v) is 8.04. The van der Waals surface area contributed by atoms with Crippen molar-refractivity contribution in [2.24, 2.45) is 0 Å². The van der Waals surface area contributed by atoms with Crippen molar-refractivity contribution >= 4 is 28.6 Å². The molecule has 2 heterocycles. The van der Waals surface area contributed by atoms with Gasteiger partial charge in [0.05, 0.1) is 18.8 Å². The molecule has 0 amide bonds. The molecule has 3 aromatic rings. The Labute approximate surface area is 137 Å². The Kier molecular flexibility index (Phi) is 4.92. The lowest BCUT2D eigenvalue weighted by Crippen LogP contribution is -2.09. The fourth-order valence-corrected chi connectivity index (χ4v) is 2.89. The molecule has 0 bridgehead atoms. The molecule has 1 aromatic carbocycles. The fourth-order valence-electron chi connectivity index (χ4n) is 1.97. The van der Waals surface area contributed by atoms with Crippen LogP contribution >= 0.6 is 22.9 Å². The molecule has 0 spiro atoms. The van der Waals surface area contributed by atoms with E-state index < -0.39 is 0 Å². The second kappa shape index (κ2) is 7.29. The molecule has 0 saturated heterocycles. The number of hydrogen-bond donors (Lipinski definition) is 1. The van der Waals surface area contributed by atoms with Gasteiger partial charge in [0, 0.05) is 23.5 Å². The highest BCUT2D eigenvalue weighted by Gasteiger charge is 2.04. The van der Waals surface area contributed by atoms with Crippen molar-refractivity contribution < 1.29 is 4.74 Å². The highest BCUT2D eigenvalue weighted by Crippen LogP contribution is 2.25. The van der Waals surface area contributed by atoms with Crippen LogP contribution in [0.4, 0.5) is 5.69 Å². The van der Waals surface area contributed by atoms with Gasteiger partial charge in [-0.05, 0) is 18.2 Å². The van der Waals surface area contributed by atoms with Gasteiger partial charge >= 0.3 is 0 Å². The monoisotopic (exact) mass is 334 g/mol. The number of para-hydroxylation sites is 2. The van der Waals surface area contributed by atoms with Crippen molar-refractivity contribution in [3.8, 4) is 5.75 Å². The van der Waals surface area contributed by atoms with E-state index in [0.717, 1.165) is 16.3 Å². The maximum absolute atomic E-state index is 5.84. The summed E-state index contributed by atoms with van der Waals surface area (Å²) in [5.41, 5.74) is 0.951. The Morgan fingerprint density at radius 1 is 1.27 bits per heavy atom. The second-order valence-electron chi connectivity index (χ2n) is 4.55. The molecule has 0 fully saturated rings. The molecule has 22 heavy (non-hydrogen) atoms. The third-order valence-corrected chi connectivity index (χ3v) is 4.12. The Morgan fingerprint density at radius 2 is 2.18 bits per heavy atom. The van der Waals surface area contributed by atoms with Gasteiger partial charge in [-0.15, -0.1) is 11.3 Å². The number of benzene rings is 1. The standard InChI is InChI=1S/C15H15ClN4OS/c16-15-18-11-12(22-15)10-17-13-4-1-2-5-14(13)21-9-8-20-7-3-6-19-20/h1-7,11,17H,8-10H2. The van der Waals surface area contributed by atoms with Crippen LogP contribution in [0, 0.1) is 0 Å². The minimum absolute atomic E-state index is 0.556. The van der Waals surface area contributed by atoms with Crippen LogP contribution in [0.25, 0.3) is 0 Å². The van der Waals surface area contributed by atoms with Gasteiger partial charge in [0.1, 0.15) is 12.4 Å². The van der Waals surface area contributed by atoms with E-state index in [1.54, 1.807) is 12.4 Å². The summed E-state index contributed by atoms with van der Waals surface area (Å²) in [7, 11) is 0. The zero-order chi connectivity index (χ0) is 15.2. The number of halogens is 1. The molecule has 2 aromatic heterocycles. The number of anilines is 1. The zero-order valence-corrected chi connectivity index (χ0v) is 13.3. The van der Waals surface area contributed by atoms with Crippen molar-refractivity contribution in [1.29, 1.82) is 0 Å². The summed E-state index contributed by atoms with van der Waals surface area (Å²) in [6, 6.07) is 9.77. The molecule has 0 aliphatic rings. The van der Waals surface area contributed by atoms with Crippen LogP contribution in [0.2, 0.25) is 4.47 Å². The van der Waals surface area contributed by atoms with Crippen molar-refractivity contribution in [1.82, 2.24) is 14.8 Å². The van der Waals surface area contributed by atoms with Gasteiger partial charge in [-0.3, -0.25) is 4.68 Å². The van der Waals surface area contributed by atoms with Crippen LogP contribution in [0.5, 0.6) is 5.75 Å². The van der Waals surface area contributed by atoms with Gasteiger partial charge in [0.25, 0.3) is 0 Å². The van der Waals surface area contributed by atoms with E-state index in [2.05, 4.69) is 15.4 Å². The first-order valence-electron chi connectivity index (χ1n) is 6.84. The van der Waals surface area contributed by atoms with Crippen molar-refractivity contribution in [3.63, 3.8) is 0 Å². The molecule has 5 nitrogen and oxygen atoms in total. The summed E-state index contributed by atoms with van der Waals surface area (Å²) in [6.45, 7) is 1.95. The largest absolute Gasteiger partial charge is 0.489 e. The number of rotatable bonds is 7. The predicted molar refractivity (Wildman–Crippen MR) is 88.6 cm³/mol. The number of aromatic nitrogens is 3. The number of ether oxygens (including phenoxy) is 1. The smallest absolute Gasteiger partial charge is 0.183 e. The molecule has 0 radical (unpaired) electrons. The van der Waals surface area contributed by atoms with Crippen molar-refractivity contribution in [2.45, 2.75) is 13.1 Å². The summed E-state index contributed by atoms with van der Waals surface area (Å²) in [5, 5.41) is 7.50. The topological polar surface area (TPSA) is 52.0 Å². The highest BCUT2D eigenvalue weighted by atomic mass is 35.5. The molecule has 0 unspecified atom stereocenters. The van der Waals surface area contributed by atoms with Gasteiger partial charge < -0.3 is 10.1 Å². The predicted octanol–water partition coefficient (Wildman–Crippen LogP) is 3.68. The normalized spacial score (nSPS) is 10.6. The molecular formula is C15H15ClN4OS. The molecule has 7 heteroatoms. The SMILES string of the molecule is Clc1ncc(CNc2ccccc2OCCn2cccn2)s1. The number of thiazole rings is 1. The maximum Gasteiger partial charge on any atom is 0.183 e. The Balaban J connectivity index is 1.57. The van der Waals surface area contributed by atoms with Gasteiger partial charge in [0.2, 0.25) is 0 Å². The Morgan fingerprint density at radius 3 is 2.95 bits per heavy atom. The maximum atomic E-state index is 5.84. The molecule has 0 aliphatic heterocycles. The third kappa shape index (κ3) is 3.99. The van der Waals surface area contributed by atoms with E-state index in [4.69, 9.17) is 16.3 Å². The molecule has 0 atom stereocenters. The van der Waals surface area contributed by atoms with Crippen LogP contribution in [-0.2, 0) is 13.1 Å². The van der Waals surface area contributed by atoms with Crippen LogP contribution in [0.1, 0.15) is 4.88 Å². The van der Waals surface area contributed by atoms with E-state index in [1.807, 2.05) is 41.2 Å². The van der Waals surface area contributed by atoms with E-state index >= 15 is 0 Å². The minimum atomic E-state index is 0.556. The molecular weight excluding hydrogens is 320 g/mol. The number of nitrogens with one attached hydrogen (secondary N) is 1. The molecule has 114 valence electrons. The van der Waals surface area contributed by atoms with Crippen molar-refractivity contribution in [3.05, 3.63) is 58.3 Å². The van der Waals surface area contributed by atoms with Gasteiger partial charge in [-0.25, -0.2) is 4.98 Å². The van der Waals surface area contributed by atoms with Gasteiger partial charge in [-0.1, -0.05) is 23.7 Å². The highest BCUT2D eigenvalue weighted by molar-refractivity contribution is 7.15. The van der Waals surface area contributed by atoms with Gasteiger partial charge in [-0.2, -0.15) is 5.10 Å². The Hall–Kier alpha value is -2.05. The summed E-state index contributed by atoms with van der Waals surface area (Å²) in [5.74, 6) is 0.824. The van der Waals surface area contributed by atoms with Gasteiger partial charge in [0.15, 0.2) is 4.47 Å². The van der Waals surface area contributed by atoms with Crippen LogP contribution in [0.3, 0.4) is 0 Å². The number of nitrogens with zero attached hydrogens (tertiary/aromatic N) is 3. The summed E-state index contributed by atoms with van der Waals surface area (Å²) >= 11 is 7.31. The average Bonchev–Trinajstić information content (AvgIpc) is 3.18. The summed E-state index contributed by atoms with van der Waals surface area (Å²) in [4.78, 5) is 5.11. The lowest BCUT2D eigenvalue weighted by Gasteiger charge is -2.12. The Bertz CT molecular complexity index is 714. The lowest BCUT2D eigenvalue weighted by molar-refractivity contribution is 0.292.